The van der Waals surface area contributed by atoms with Crippen molar-refractivity contribution in [3.63, 3.8) is 0 Å². The summed E-state index contributed by atoms with van der Waals surface area (Å²) >= 11 is 0. The number of anilines is 1. The van der Waals surface area contributed by atoms with Crippen LogP contribution in [0.3, 0.4) is 0 Å². The molecule has 150 valence electrons. The molecule has 0 aliphatic heterocycles. The predicted molar refractivity (Wildman–Crippen MR) is 107 cm³/mol. The van der Waals surface area contributed by atoms with Gasteiger partial charge in [0.25, 0.3) is 11.6 Å². The number of hydrogen-bond acceptors (Lipinski definition) is 6. The first kappa shape index (κ1) is 21.6. The number of halogens is 1. The number of nitro benzene ring substituents is 1. The molecule has 1 unspecified atom stereocenters. The summed E-state index contributed by atoms with van der Waals surface area (Å²) in [5.41, 5.74) is 7.97. The Morgan fingerprint density at radius 2 is 1.96 bits per heavy atom. The molecule has 0 fully saturated rings. The Hall–Kier alpha value is -2.65. The van der Waals surface area contributed by atoms with E-state index in [0.29, 0.717) is 5.69 Å². The highest BCUT2D eigenvalue weighted by Crippen LogP contribution is 2.31. The topological polar surface area (TPSA) is 132 Å². The Bertz CT molecular complexity index is 1040. The number of hydrogen-bond donors (Lipinski definition) is 2. The second-order valence-electron chi connectivity index (χ2n) is 6.62. The number of nitrogen functional groups attached to an aromatic ring is 1. The van der Waals surface area contributed by atoms with Crippen molar-refractivity contribution >= 4 is 39.5 Å². The normalized spacial score (nSPS) is 15.8. The van der Waals surface area contributed by atoms with Gasteiger partial charge < -0.3 is 11.1 Å². The molecule has 0 bridgehead atoms. The van der Waals surface area contributed by atoms with Crippen molar-refractivity contribution in [3.8, 4) is 0 Å². The van der Waals surface area contributed by atoms with E-state index in [9.17, 15) is 23.3 Å². The lowest BCUT2D eigenvalue weighted by Crippen LogP contribution is -2.31. The first-order valence-electron chi connectivity index (χ1n) is 8.34. The number of amides is 1. The summed E-state index contributed by atoms with van der Waals surface area (Å²) in [6.07, 6.45) is 3.39. The summed E-state index contributed by atoms with van der Waals surface area (Å²) in [5.74, 6) is -0.557. The summed E-state index contributed by atoms with van der Waals surface area (Å²) in [7, 11) is -3.70. The van der Waals surface area contributed by atoms with Crippen LogP contribution in [-0.4, -0.2) is 25.5 Å². The molecule has 0 aromatic heterocycles. The Kier molecular flexibility index (Phi) is 6.30. The van der Waals surface area contributed by atoms with Gasteiger partial charge in [0.2, 0.25) is 0 Å². The molecule has 0 saturated heterocycles. The minimum Gasteiger partial charge on any atom is -0.399 e. The third-order valence-corrected chi connectivity index (χ3v) is 5.67. The van der Waals surface area contributed by atoms with Crippen LogP contribution in [0, 0.1) is 10.1 Å². The molecule has 3 rings (SSSR count). The van der Waals surface area contributed by atoms with E-state index in [1.807, 2.05) is 12.1 Å². The fourth-order valence-electron chi connectivity index (χ4n) is 3.26. The van der Waals surface area contributed by atoms with Crippen LogP contribution >= 0.6 is 12.4 Å². The Labute approximate surface area is 168 Å². The minimum absolute atomic E-state index is 0. The molecule has 1 aliphatic rings. The van der Waals surface area contributed by atoms with Gasteiger partial charge in [-0.25, -0.2) is 8.42 Å². The number of nitrogens with zero attached hydrogens (tertiary/aromatic N) is 1. The maximum absolute atomic E-state index is 12.7. The second-order valence-corrected chi connectivity index (χ2v) is 8.64. The minimum atomic E-state index is -3.70. The highest BCUT2D eigenvalue weighted by atomic mass is 35.5. The number of non-ortho nitro benzene ring substituents is 1. The zero-order valence-corrected chi connectivity index (χ0v) is 16.7. The van der Waals surface area contributed by atoms with Crippen LogP contribution in [0.5, 0.6) is 0 Å². The SMILES string of the molecule is CS(=O)(=O)c1cc(C(=O)NC2CCCc3cc(N)ccc32)cc([N+](=O)[O-])c1.Cl. The zero-order chi connectivity index (χ0) is 19.8. The maximum Gasteiger partial charge on any atom is 0.271 e. The fraction of sp³-hybridized carbons (Fsp3) is 0.278. The van der Waals surface area contributed by atoms with E-state index in [0.717, 1.165) is 54.8 Å². The van der Waals surface area contributed by atoms with Crippen molar-refractivity contribution in [3.05, 3.63) is 63.2 Å². The van der Waals surface area contributed by atoms with E-state index >= 15 is 0 Å². The van der Waals surface area contributed by atoms with Crippen molar-refractivity contribution in [1.29, 1.82) is 0 Å². The first-order chi connectivity index (χ1) is 12.6. The molecule has 2 aromatic carbocycles. The number of fused-ring (bicyclic) bond motifs is 1. The Balaban J connectivity index is 0.00000280. The molecule has 28 heavy (non-hydrogen) atoms. The van der Waals surface area contributed by atoms with Gasteiger partial charge in [0.05, 0.1) is 15.9 Å². The highest BCUT2D eigenvalue weighted by Gasteiger charge is 2.24. The summed E-state index contributed by atoms with van der Waals surface area (Å²) in [6, 6.07) is 8.43. The van der Waals surface area contributed by atoms with E-state index in [-0.39, 0.29) is 28.9 Å². The van der Waals surface area contributed by atoms with Crippen LogP contribution in [0.25, 0.3) is 0 Å². The summed E-state index contributed by atoms with van der Waals surface area (Å²) in [4.78, 5) is 22.8. The van der Waals surface area contributed by atoms with Crippen LogP contribution in [-0.2, 0) is 16.3 Å². The predicted octanol–water partition coefficient (Wildman–Crippen LogP) is 2.81. The number of benzene rings is 2. The molecular weight excluding hydrogens is 406 g/mol. The van der Waals surface area contributed by atoms with Crippen molar-refractivity contribution in [2.75, 3.05) is 12.0 Å². The quantitative estimate of drug-likeness (QED) is 0.439. The summed E-state index contributed by atoms with van der Waals surface area (Å²) in [6.45, 7) is 0. The Morgan fingerprint density at radius 3 is 2.61 bits per heavy atom. The molecular formula is C18H20ClN3O5S. The van der Waals surface area contributed by atoms with E-state index in [1.165, 1.54) is 0 Å². The van der Waals surface area contributed by atoms with Gasteiger partial charge in [-0.1, -0.05) is 6.07 Å². The number of nitrogens with one attached hydrogen (secondary N) is 1. The van der Waals surface area contributed by atoms with Crippen LogP contribution in [0.15, 0.2) is 41.3 Å². The lowest BCUT2D eigenvalue weighted by Gasteiger charge is -2.26. The van der Waals surface area contributed by atoms with Crippen LogP contribution < -0.4 is 11.1 Å². The largest absolute Gasteiger partial charge is 0.399 e. The van der Waals surface area contributed by atoms with Gasteiger partial charge in [-0.3, -0.25) is 14.9 Å². The molecule has 8 nitrogen and oxygen atoms in total. The van der Waals surface area contributed by atoms with E-state index < -0.39 is 26.4 Å². The molecule has 1 amide bonds. The van der Waals surface area contributed by atoms with E-state index in [1.54, 1.807) is 6.07 Å². The number of rotatable bonds is 4. The van der Waals surface area contributed by atoms with Gasteiger partial charge >= 0.3 is 0 Å². The molecule has 3 N–H and O–H groups in total. The van der Waals surface area contributed by atoms with Gasteiger partial charge in [-0.05, 0) is 48.6 Å². The molecule has 0 heterocycles. The number of carbonyl (C=O) groups excluding carboxylic acids is 1. The highest BCUT2D eigenvalue weighted by molar-refractivity contribution is 7.90. The molecule has 0 radical (unpaired) electrons. The lowest BCUT2D eigenvalue weighted by atomic mass is 9.87. The van der Waals surface area contributed by atoms with Crippen LogP contribution in [0.1, 0.15) is 40.4 Å². The van der Waals surface area contributed by atoms with Crippen molar-refractivity contribution in [1.82, 2.24) is 5.32 Å². The average Bonchev–Trinajstić information content (AvgIpc) is 2.60. The molecule has 1 aliphatic carbocycles. The summed E-state index contributed by atoms with van der Waals surface area (Å²) in [5, 5.41) is 14.0. The monoisotopic (exact) mass is 425 g/mol. The zero-order valence-electron chi connectivity index (χ0n) is 15.0. The maximum atomic E-state index is 12.7. The number of aryl methyl sites for hydroxylation is 1. The van der Waals surface area contributed by atoms with Crippen molar-refractivity contribution in [2.45, 2.75) is 30.2 Å². The number of carbonyl (C=O) groups is 1. The number of nitrogens with two attached hydrogens (primary N) is 1. The van der Waals surface area contributed by atoms with Crippen molar-refractivity contribution < 1.29 is 18.1 Å². The molecule has 1 atom stereocenters. The van der Waals surface area contributed by atoms with E-state index in [2.05, 4.69) is 5.32 Å². The fourth-order valence-corrected chi connectivity index (χ4v) is 3.94. The second kappa shape index (κ2) is 8.15. The third kappa shape index (κ3) is 4.60. The smallest absolute Gasteiger partial charge is 0.271 e. The molecule has 0 spiro atoms. The first-order valence-corrected chi connectivity index (χ1v) is 10.2. The third-order valence-electron chi connectivity index (χ3n) is 4.58. The lowest BCUT2D eigenvalue weighted by molar-refractivity contribution is -0.385. The van der Waals surface area contributed by atoms with Gasteiger partial charge in [0.15, 0.2) is 9.84 Å². The van der Waals surface area contributed by atoms with Gasteiger partial charge in [-0.2, -0.15) is 0 Å². The van der Waals surface area contributed by atoms with Gasteiger partial charge in [-0.15, -0.1) is 12.4 Å². The van der Waals surface area contributed by atoms with Crippen molar-refractivity contribution in [2.24, 2.45) is 0 Å². The Morgan fingerprint density at radius 1 is 1.25 bits per heavy atom. The molecule has 2 aromatic rings. The van der Waals surface area contributed by atoms with Crippen LogP contribution in [0.2, 0.25) is 0 Å². The van der Waals surface area contributed by atoms with E-state index in [4.69, 9.17) is 5.73 Å². The van der Waals surface area contributed by atoms with Gasteiger partial charge in [0.1, 0.15) is 0 Å². The number of nitro groups is 1. The average molecular weight is 426 g/mol. The molecule has 0 saturated carbocycles. The van der Waals surface area contributed by atoms with Crippen LogP contribution in [0.4, 0.5) is 11.4 Å². The summed E-state index contributed by atoms with van der Waals surface area (Å²) < 4.78 is 23.6. The standard InChI is InChI=1S/C18H19N3O5S.ClH/c1-27(25,26)15-9-12(8-14(10-15)21(23)24)18(22)20-17-4-2-3-11-7-13(19)5-6-16(11)17;/h5-10,17H,2-4,19H2,1H3,(H,20,22);1H. The van der Waals surface area contributed by atoms with Gasteiger partial charge in [0, 0.05) is 29.6 Å². The molecule has 10 heteroatoms. The number of sulfone groups is 1.